The van der Waals surface area contributed by atoms with Crippen LogP contribution in [0.2, 0.25) is 0 Å². The number of rotatable bonds is 4. The molecule has 110 valence electrons. The summed E-state index contributed by atoms with van der Waals surface area (Å²) in [6.45, 7) is 1.40. The molecule has 1 fully saturated rings. The number of nitro groups is 1. The highest BCUT2D eigenvalue weighted by Crippen LogP contribution is 2.29. The van der Waals surface area contributed by atoms with Gasteiger partial charge in [-0.1, -0.05) is 6.42 Å². The number of nitro benzene ring substituents is 1. The van der Waals surface area contributed by atoms with Gasteiger partial charge in [0.2, 0.25) is 5.82 Å². The topological polar surface area (TPSA) is 58.4 Å². The lowest BCUT2D eigenvalue weighted by Crippen LogP contribution is -2.40. The SMILES string of the molecule is CN1CCCCC1CNc1cc(F)cc(F)c1[N+](=O)[O-]. The molecule has 1 heterocycles. The monoisotopic (exact) mass is 285 g/mol. The van der Waals surface area contributed by atoms with E-state index in [1.807, 2.05) is 7.05 Å². The van der Waals surface area contributed by atoms with Crippen molar-refractivity contribution in [2.45, 2.75) is 25.3 Å². The number of likely N-dealkylation sites (N-methyl/N-ethyl adjacent to an activating group) is 1. The van der Waals surface area contributed by atoms with Crippen molar-refractivity contribution in [1.82, 2.24) is 4.90 Å². The lowest BCUT2D eigenvalue weighted by Gasteiger charge is -2.32. The third-order valence-corrected chi connectivity index (χ3v) is 3.66. The first-order valence-corrected chi connectivity index (χ1v) is 6.56. The molecule has 0 amide bonds. The van der Waals surface area contributed by atoms with Crippen LogP contribution in [-0.4, -0.2) is 36.0 Å². The number of benzene rings is 1. The summed E-state index contributed by atoms with van der Waals surface area (Å²) in [5.74, 6) is -1.98. The Kier molecular flexibility index (Phi) is 4.49. The number of nitrogens with zero attached hydrogens (tertiary/aromatic N) is 2. The number of hydrogen-bond acceptors (Lipinski definition) is 4. The Hall–Kier alpha value is -1.76. The zero-order chi connectivity index (χ0) is 14.7. The van der Waals surface area contributed by atoms with Crippen molar-refractivity contribution in [2.24, 2.45) is 0 Å². The molecule has 0 aromatic heterocycles. The molecular weight excluding hydrogens is 268 g/mol. The molecule has 7 heteroatoms. The van der Waals surface area contributed by atoms with Gasteiger partial charge in [0.25, 0.3) is 0 Å². The van der Waals surface area contributed by atoms with Crippen LogP contribution >= 0.6 is 0 Å². The van der Waals surface area contributed by atoms with E-state index in [1.165, 1.54) is 0 Å². The van der Waals surface area contributed by atoms with Crippen LogP contribution < -0.4 is 5.32 Å². The summed E-state index contributed by atoms with van der Waals surface area (Å²) in [7, 11) is 1.98. The van der Waals surface area contributed by atoms with E-state index in [0.29, 0.717) is 12.6 Å². The van der Waals surface area contributed by atoms with Gasteiger partial charge in [0.1, 0.15) is 11.5 Å². The zero-order valence-corrected chi connectivity index (χ0v) is 11.2. The molecule has 1 aromatic carbocycles. The highest BCUT2D eigenvalue weighted by molar-refractivity contribution is 5.62. The minimum absolute atomic E-state index is 0.105. The summed E-state index contributed by atoms with van der Waals surface area (Å²) in [6.07, 6.45) is 3.19. The number of anilines is 1. The molecule has 0 spiro atoms. The van der Waals surface area contributed by atoms with E-state index in [9.17, 15) is 18.9 Å². The number of nitrogens with one attached hydrogen (secondary N) is 1. The van der Waals surface area contributed by atoms with Crippen molar-refractivity contribution >= 4 is 11.4 Å². The standard InChI is InChI=1S/C13H17F2N3O2/c1-17-5-3-2-4-10(17)8-16-12-7-9(14)6-11(15)13(12)18(19)20/h6-7,10,16H,2-5,8H2,1H3. The van der Waals surface area contributed by atoms with Crippen molar-refractivity contribution in [3.63, 3.8) is 0 Å². The van der Waals surface area contributed by atoms with Gasteiger partial charge in [0, 0.05) is 24.7 Å². The maximum Gasteiger partial charge on any atom is 0.327 e. The molecule has 0 bridgehead atoms. The molecule has 1 atom stereocenters. The second-order valence-corrected chi connectivity index (χ2v) is 5.05. The summed E-state index contributed by atoms with van der Waals surface area (Å²) in [5.41, 5.74) is -0.809. The van der Waals surface area contributed by atoms with Gasteiger partial charge in [0.05, 0.1) is 4.92 Å². The molecule has 1 unspecified atom stereocenters. The fourth-order valence-electron chi connectivity index (χ4n) is 2.52. The fraction of sp³-hybridized carbons (Fsp3) is 0.538. The average molecular weight is 285 g/mol. The average Bonchev–Trinajstić information content (AvgIpc) is 2.36. The Morgan fingerprint density at radius 2 is 2.20 bits per heavy atom. The lowest BCUT2D eigenvalue weighted by atomic mass is 10.0. The van der Waals surface area contributed by atoms with Crippen LogP contribution in [0.15, 0.2) is 12.1 Å². The maximum absolute atomic E-state index is 13.5. The van der Waals surface area contributed by atoms with Gasteiger partial charge >= 0.3 is 5.69 Å². The Labute approximate surface area is 115 Å². The first kappa shape index (κ1) is 14.6. The number of likely N-dealkylation sites (tertiary alicyclic amines) is 1. The van der Waals surface area contributed by atoms with Crippen LogP contribution in [0.3, 0.4) is 0 Å². The quantitative estimate of drug-likeness (QED) is 0.682. The molecule has 0 aliphatic carbocycles. The Morgan fingerprint density at radius 3 is 2.85 bits per heavy atom. The van der Waals surface area contributed by atoms with E-state index in [4.69, 9.17) is 0 Å². The summed E-state index contributed by atoms with van der Waals surface area (Å²) in [4.78, 5) is 12.2. The van der Waals surface area contributed by atoms with Gasteiger partial charge in [0.15, 0.2) is 0 Å². The molecule has 1 aromatic rings. The zero-order valence-electron chi connectivity index (χ0n) is 11.2. The number of piperidine rings is 1. The van der Waals surface area contributed by atoms with Crippen molar-refractivity contribution in [2.75, 3.05) is 25.5 Å². The first-order chi connectivity index (χ1) is 9.49. The summed E-state index contributed by atoms with van der Waals surface area (Å²) in [5, 5.41) is 13.7. The Bertz CT molecular complexity index is 511. The number of hydrogen-bond donors (Lipinski definition) is 1. The molecule has 1 aliphatic rings. The highest BCUT2D eigenvalue weighted by atomic mass is 19.1. The van der Waals surface area contributed by atoms with E-state index in [0.717, 1.165) is 31.9 Å². The maximum atomic E-state index is 13.5. The lowest BCUT2D eigenvalue weighted by molar-refractivity contribution is -0.386. The summed E-state index contributed by atoms with van der Waals surface area (Å²) < 4.78 is 26.7. The Balaban J connectivity index is 2.14. The molecule has 0 saturated carbocycles. The summed E-state index contributed by atoms with van der Waals surface area (Å²) in [6, 6.07) is 1.70. The third-order valence-electron chi connectivity index (χ3n) is 3.66. The third kappa shape index (κ3) is 3.22. The van der Waals surface area contributed by atoms with Crippen LogP contribution in [0.25, 0.3) is 0 Å². The van der Waals surface area contributed by atoms with Gasteiger partial charge < -0.3 is 10.2 Å². The number of halogens is 2. The van der Waals surface area contributed by atoms with Crippen LogP contribution in [0.4, 0.5) is 20.2 Å². The van der Waals surface area contributed by atoms with Crippen LogP contribution in [-0.2, 0) is 0 Å². The summed E-state index contributed by atoms with van der Waals surface area (Å²) >= 11 is 0. The Morgan fingerprint density at radius 1 is 1.45 bits per heavy atom. The van der Waals surface area contributed by atoms with Crippen molar-refractivity contribution in [3.8, 4) is 0 Å². The normalized spacial score (nSPS) is 19.9. The molecule has 0 radical (unpaired) electrons. The van der Waals surface area contributed by atoms with Gasteiger partial charge in [-0.2, -0.15) is 4.39 Å². The van der Waals surface area contributed by atoms with Crippen molar-refractivity contribution < 1.29 is 13.7 Å². The second-order valence-electron chi connectivity index (χ2n) is 5.05. The van der Waals surface area contributed by atoms with E-state index < -0.39 is 22.2 Å². The molecule has 1 N–H and O–H groups in total. The largest absolute Gasteiger partial charge is 0.378 e. The molecular formula is C13H17F2N3O2. The van der Waals surface area contributed by atoms with E-state index >= 15 is 0 Å². The molecule has 2 rings (SSSR count). The molecule has 1 saturated heterocycles. The minimum atomic E-state index is -1.16. The fourth-order valence-corrected chi connectivity index (χ4v) is 2.52. The predicted octanol–water partition coefficient (Wildman–Crippen LogP) is 2.77. The molecule has 1 aliphatic heterocycles. The second kappa shape index (κ2) is 6.13. The van der Waals surface area contributed by atoms with E-state index in [2.05, 4.69) is 10.2 Å². The van der Waals surface area contributed by atoms with Crippen LogP contribution in [0.1, 0.15) is 19.3 Å². The van der Waals surface area contributed by atoms with Crippen molar-refractivity contribution in [1.29, 1.82) is 0 Å². The highest BCUT2D eigenvalue weighted by Gasteiger charge is 2.24. The van der Waals surface area contributed by atoms with Crippen LogP contribution in [0, 0.1) is 21.7 Å². The van der Waals surface area contributed by atoms with Gasteiger partial charge in [-0.05, 0) is 26.4 Å². The minimum Gasteiger partial charge on any atom is -0.378 e. The molecule has 5 nitrogen and oxygen atoms in total. The van der Waals surface area contributed by atoms with E-state index in [-0.39, 0.29) is 11.7 Å². The first-order valence-electron chi connectivity index (χ1n) is 6.56. The predicted molar refractivity (Wildman–Crippen MR) is 71.8 cm³/mol. The van der Waals surface area contributed by atoms with Crippen molar-refractivity contribution in [3.05, 3.63) is 33.9 Å². The smallest absolute Gasteiger partial charge is 0.327 e. The van der Waals surface area contributed by atoms with E-state index in [1.54, 1.807) is 0 Å². The molecule has 20 heavy (non-hydrogen) atoms. The van der Waals surface area contributed by atoms with Crippen LogP contribution in [0.5, 0.6) is 0 Å². The van der Waals surface area contributed by atoms with Gasteiger partial charge in [-0.3, -0.25) is 10.1 Å². The van der Waals surface area contributed by atoms with Gasteiger partial charge in [-0.25, -0.2) is 4.39 Å². The van der Waals surface area contributed by atoms with Gasteiger partial charge in [-0.15, -0.1) is 0 Å².